The summed E-state index contributed by atoms with van der Waals surface area (Å²) in [5, 5.41) is 14.6. The van der Waals surface area contributed by atoms with Gasteiger partial charge in [0.25, 0.3) is 0 Å². The fourth-order valence-electron chi connectivity index (χ4n) is 3.99. The molecule has 2 atom stereocenters. The second kappa shape index (κ2) is 10.9. The molecule has 188 valence electrons. The van der Waals surface area contributed by atoms with Gasteiger partial charge in [-0.1, -0.05) is 44.2 Å². The molecule has 1 saturated heterocycles. The highest BCUT2D eigenvalue weighted by Gasteiger charge is 2.45. The number of carboxylic acids is 1. The van der Waals surface area contributed by atoms with Crippen LogP contribution < -0.4 is 10.6 Å². The third kappa shape index (κ3) is 6.71. The summed E-state index contributed by atoms with van der Waals surface area (Å²) in [5.74, 6) is -2.33. The van der Waals surface area contributed by atoms with Crippen LogP contribution in [0.5, 0.6) is 0 Å². The quantitative estimate of drug-likeness (QED) is 0.557. The molecule has 0 saturated carbocycles. The predicted molar refractivity (Wildman–Crippen MR) is 127 cm³/mol. The van der Waals surface area contributed by atoms with Gasteiger partial charge in [0.1, 0.15) is 17.7 Å². The summed E-state index contributed by atoms with van der Waals surface area (Å²) >= 11 is 0. The number of carbonyl (C=O) groups excluding carboxylic acids is 3. The van der Waals surface area contributed by atoms with Crippen molar-refractivity contribution in [3.63, 3.8) is 0 Å². The minimum Gasteiger partial charge on any atom is -0.480 e. The zero-order chi connectivity index (χ0) is 25.7. The first-order valence-corrected chi connectivity index (χ1v) is 11.6. The summed E-state index contributed by atoms with van der Waals surface area (Å²) in [4.78, 5) is 51.7. The zero-order valence-electron chi connectivity index (χ0n) is 20.9. The molecule has 9 heteroatoms. The number of likely N-dealkylation sites (tertiary alicyclic amines) is 1. The first kappa shape index (κ1) is 27.1. The molecule has 1 aromatic rings. The molecule has 3 amide bonds. The minimum atomic E-state index is -1.13. The second-order valence-electron chi connectivity index (χ2n) is 10.2. The summed E-state index contributed by atoms with van der Waals surface area (Å²) in [6.45, 7) is 11.0. The van der Waals surface area contributed by atoms with Crippen molar-refractivity contribution >= 4 is 23.9 Å². The largest absolute Gasteiger partial charge is 0.480 e. The number of rotatable bonds is 7. The minimum absolute atomic E-state index is 0.308. The highest BCUT2D eigenvalue weighted by atomic mass is 16.6. The molecule has 3 N–H and O–H groups in total. The van der Waals surface area contributed by atoms with Crippen LogP contribution in [0, 0.1) is 5.92 Å². The number of aliphatic carboxylic acids is 1. The highest BCUT2D eigenvalue weighted by molar-refractivity contribution is 5.94. The average molecular weight is 476 g/mol. The molecule has 2 rings (SSSR count). The first-order chi connectivity index (χ1) is 15.8. The fourth-order valence-corrected chi connectivity index (χ4v) is 3.99. The van der Waals surface area contributed by atoms with E-state index < -0.39 is 41.1 Å². The van der Waals surface area contributed by atoms with Crippen molar-refractivity contribution in [3.05, 3.63) is 35.9 Å². The summed E-state index contributed by atoms with van der Waals surface area (Å²) in [7, 11) is 0. The normalized spacial score (nSPS) is 17.4. The van der Waals surface area contributed by atoms with Gasteiger partial charge in [-0.2, -0.15) is 0 Å². The lowest BCUT2D eigenvalue weighted by Crippen LogP contribution is -2.58. The van der Waals surface area contributed by atoms with Gasteiger partial charge < -0.3 is 25.4 Å². The Hall–Kier alpha value is -3.10. The van der Waals surface area contributed by atoms with E-state index in [0.717, 1.165) is 5.56 Å². The Morgan fingerprint density at radius 1 is 1.00 bits per heavy atom. The van der Waals surface area contributed by atoms with E-state index in [9.17, 15) is 24.3 Å². The number of benzene rings is 1. The van der Waals surface area contributed by atoms with Crippen molar-refractivity contribution in [2.75, 3.05) is 13.1 Å². The molecular formula is C25H37N3O6. The molecule has 2 unspecified atom stereocenters. The van der Waals surface area contributed by atoms with E-state index in [1.165, 1.54) is 6.92 Å². The van der Waals surface area contributed by atoms with Gasteiger partial charge in [-0.15, -0.1) is 0 Å². The third-order valence-corrected chi connectivity index (χ3v) is 6.00. The molecule has 1 fully saturated rings. The second-order valence-corrected chi connectivity index (χ2v) is 10.2. The topological polar surface area (TPSA) is 125 Å². The van der Waals surface area contributed by atoms with Gasteiger partial charge >= 0.3 is 12.1 Å². The van der Waals surface area contributed by atoms with Crippen LogP contribution in [0.2, 0.25) is 0 Å². The van der Waals surface area contributed by atoms with Gasteiger partial charge in [0, 0.05) is 13.1 Å². The van der Waals surface area contributed by atoms with E-state index in [2.05, 4.69) is 10.6 Å². The molecule has 9 nitrogen and oxygen atoms in total. The Morgan fingerprint density at radius 2 is 1.56 bits per heavy atom. The van der Waals surface area contributed by atoms with Gasteiger partial charge in [0.15, 0.2) is 0 Å². The molecule has 1 aliphatic rings. The molecule has 1 heterocycles. The van der Waals surface area contributed by atoms with Crippen molar-refractivity contribution < 1.29 is 29.0 Å². The summed E-state index contributed by atoms with van der Waals surface area (Å²) in [6.07, 6.45) is 0.302. The number of hydrogen-bond donors (Lipinski definition) is 3. The van der Waals surface area contributed by atoms with Crippen LogP contribution in [0.4, 0.5) is 4.79 Å². The lowest BCUT2D eigenvalue weighted by Gasteiger charge is -2.41. The van der Waals surface area contributed by atoms with Crippen LogP contribution in [0.25, 0.3) is 0 Å². The maximum atomic E-state index is 13.6. The third-order valence-electron chi connectivity index (χ3n) is 6.00. The standard InChI is InChI=1S/C25H37N3O6/c1-16(2)19(21(30)31)27-20(29)17(3)26-22(32)25(18-10-8-7-9-11-18)12-14-28(15-13-25)23(33)34-24(4,5)6/h7-11,16-17,19H,12-15H2,1-6H3,(H,26,32)(H,27,29)(H,30,31). The molecule has 0 radical (unpaired) electrons. The van der Waals surface area contributed by atoms with Crippen LogP contribution >= 0.6 is 0 Å². The van der Waals surface area contributed by atoms with E-state index in [1.807, 2.05) is 30.3 Å². The molecule has 0 aromatic heterocycles. The van der Waals surface area contributed by atoms with Gasteiger partial charge in [-0.05, 0) is 52.0 Å². The zero-order valence-corrected chi connectivity index (χ0v) is 20.9. The van der Waals surface area contributed by atoms with Crippen molar-refractivity contribution in [1.82, 2.24) is 15.5 Å². The SMILES string of the molecule is CC(NC(=O)C1(c2ccccc2)CCN(C(=O)OC(C)(C)C)CC1)C(=O)NC(C(=O)O)C(C)C. The average Bonchev–Trinajstić information content (AvgIpc) is 2.76. The van der Waals surface area contributed by atoms with Crippen LogP contribution in [0.3, 0.4) is 0 Å². The molecule has 1 aromatic carbocycles. The number of carbonyl (C=O) groups is 4. The molecule has 0 bridgehead atoms. The number of ether oxygens (including phenoxy) is 1. The summed E-state index contributed by atoms with van der Waals surface area (Å²) in [6, 6.07) is 7.31. The van der Waals surface area contributed by atoms with Crippen molar-refractivity contribution in [2.45, 2.75) is 77.5 Å². The molecule has 34 heavy (non-hydrogen) atoms. The lowest BCUT2D eigenvalue weighted by molar-refractivity contribution is -0.143. The maximum Gasteiger partial charge on any atom is 0.410 e. The van der Waals surface area contributed by atoms with Gasteiger partial charge in [-0.25, -0.2) is 9.59 Å². The Labute approximate surface area is 201 Å². The van der Waals surface area contributed by atoms with E-state index in [-0.39, 0.29) is 11.8 Å². The van der Waals surface area contributed by atoms with Crippen LogP contribution in [-0.2, 0) is 24.5 Å². The monoisotopic (exact) mass is 475 g/mol. The summed E-state index contributed by atoms with van der Waals surface area (Å²) < 4.78 is 5.47. The number of nitrogens with zero attached hydrogens (tertiary/aromatic N) is 1. The number of piperidine rings is 1. The smallest absolute Gasteiger partial charge is 0.410 e. The van der Waals surface area contributed by atoms with Crippen molar-refractivity contribution in [2.24, 2.45) is 5.92 Å². The van der Waals surface area contributed by atoms with E-state index >= 15 is 0 Å². The lowest BCUT2D eigenvalue weighted by atomic mass is 9.72. The van der Waals surface area contributed by atoms with E-state index in [0.29, 0.717) is 25.9 Å². The van der Waals surface area contributed by atoms with Gasteiger partial charge in [-0.3, -0.25) is 9.59 Å². The number of amides is 3. The van der Waals surface area contributed by atoms with E-state index in [4.69, 9.17) is 4.74 Å². The highest BCUT2D eigenvalue weighted by Crippen LogP contribution is 2.36. The first-order valence-electron chi connectivity index (χ1n) is 11.6. The number of nitrogens with one attached hydrogen (secondary N) is 2. The summed E-state index contributed by atoms with van der Waals surface area (Å²) in [5.41, 5.74) is -0.748. The Morgan fingerprint density at radius 3 is 2.03 bits per heavy atom. The predicted octanol–water partition coefficient (Wildman–Crippen LogP) is 2.69. The Balaban J connectivity index is 2.18. The molecule has 0 aliphatic carbocycles. The van der Waals surface area contributed by atoms with Crippen molar-refractivity contribution in [1.29, 1.82) is 0 Å². The van der Waals surface area contributed by atoms with Crippen LogP contribution in [0.1, 0.15) is 59.9 Å². The Bertz CT molecular complexity index is 886. The van der Waals surface area contributed by atoms with Crippen LogP contribution in [0.15, 0.2) is 30.3 Å². The van der Waals surface area contributed by atoms with Crippen LogP contribution in [-0.4, -0.2) is 64.7 Å². The number of carboxylic acid groups (broad SMARTS) is 1. The van der Waals surface area contributed by atoms with Gasteiger partial charge in [0.2, 0.25) is 11.8 Å². The van der Waals surface area contributed by atoms with Gasteiger partial charge in [0.05, 0.1) is 5.41 Å². The van der Waals surface area contributed by atoms with E-state index in [1.54, 1.807) is 39.5 Å². The number of hydrogen-bond acceptors (Lipinski definition) is 5. The molecule has 1 aliphatic heterocycles. The van der Waals surface area contributed by atoms with Crippen molar-refractivity contribution in [3.8, 4) is 0 Å². The Kier molecular flexibility index (Phi) is 8.69. The maximum absolute atomic E-state index is 13.6. The fraction of sp³-hybridized carbons (Fsp3) is 0.600. The molecular weight excluding hydrogens is 438 g/mol. The molecule has 0 spiro atoms.